The fourth-order valence-electron chi connectivity index (χ4n) is 15.3. The predicted octanol–water partition coefficient (Wildman–Crippen LogP) is 13.1. The second-order valence-electron chi connectivity index (χ2n) is 26.7. The van der Waals surface area contributed by atoms with Gasteiger partial charge in [-0.1, -0.05) is 32.0 Å². The molecule has 21 rings (SSSR count). The summed E-state index contributed by atoms with van der Waals surface area (Å²) in [6.45, 7) is 16.7. The highest BCUT2D eigenvalue weighted by atomic mass is 15.0. The molecule has 2 aliphatic carbocycles. The molecule has 96 heavy (non-hydrogen) atoms. The third kappa shape index (κ3) is 11.5. The average molecular weight is 1260 g/mol. The van der Waals surface area contributed by atoms with Crippen molar-refractivity contribution in [2.24, 2.45) is 0 Å². The molecule has 0 radical (unpaired) electrons. The summed E-state index contributed by atoms with van der Waals surface area (Å²) < 4.78 is 13.8. The lowest BCUT2D eigenvalue weighted by atomic mass is 9.98. The van der Waals surface area contributed by atoms with E-state index in [4.69, 9.17) is 4.98 Å². The number of aryl methyl sites for hydroxylation is 6. The summed E-state index contributed by atoms with van der Waals surface area (Å²) in [5, 5.41) is 0. The van der Waals surface area contributed by atoms with Gasteiger partial charge in [-0.2, -0.15) is 27.4 Å². The number of hydrogen-bond acceptors (Lipinski definition) is 6. The maximum atomic E-state index is 4.73. The molecule has 0 spiro atoms. The number of hydrogen-bond donors (Lipinski definition) is 0. The molecule has 1 aromatic carbocycles. The van der Waals surface area contributed by atoms with Gasteiger partial charge in [-0.3, -0.25) is 29.9 Å². The molecule has 6 aliphatic heterocycles. The quantitative estimate of drug-likeness (QED) is 0.160. The zero-order valence-corrected chi connectivity index (χ0v) is 55.4. The van der Waals surface area contributed by atoms with Crippen molar-refractivity contribution >= 4 is 0 Å². The zero-order chi connectivity index (χ0) is 64.8. The number of nitrogens with zero attached hydrogens (tertiary/aromatic N) is 12. The fraction of sp³-hybridized carbons (Fsp3) is 0.214. The van der Waals surface area contributed by atoms with Crippen LogP contribution in [0.4, 0.5) is 0 Å². The second-order valence-corrected chi connectivity index (χ2v) is 26.7. The molecule has 13 aromatic rings. The van der Waals surface area contributed by atoms with Gasteiger partial charge in [-0.05, 0) is 148 Å². The molecule has 0 fully saturated rings. The van der Waals surface area contributed by atoms with E-state index in [0.717, 1.165) is 45.0 Å². The summed E-state index contributed by atoms with van der Waals surface area (Å²) >= 11 is 0. The summed E-state index contributed by atoms with van der Waals surface area (Å²) in [7, 11) is 0. The van der Waals surface area contributed by atoms with E-state index >= 15 is 0 Å². The molecule has 0 saturated heterocycles. The number of benzene rings is 1. The Kier molecular flexibility index (Phi) is 16.1. The Balaban J connectivity index is 0.0000000911. The summed E-state index contributed by atoms with van der Waals surface area (Å²) in [6.07, 6.45) is 40.1. The van der Waals surface area contributed by atoms with Gasteiger partial charge < -0.3 is 0 Å². The smallest absolute Gasteiger partial charge is 0.218 e. The second kappa shape index (κ2) is 25.7. The minimum atomic E-state index is 0.499. The first kappa shape index (κ1) is 60.0. The lowest BCUT2D eigenvalue weighted by Crippen LogP contribution is -2.32. The summed E-state index contributed by atoms with van der Waals surface area (Å²) in [5.74, 6) is 0.499. The molecule has 0 N–H and O–H groups in total. The third-order valence-electron chi connectivity index (χ3n) is 20.2. The molecule has 0 bridgehead atoms. The van der Waals surface area contributed by atoms with Crippen molar-refractivity contribution in [1.29, 1.82) is 0 Å². The van der Waals surface area contributed by atoms with Crippen LogP contribution in [0.5, 0.6) is 0 Å². The molecule has 0 saturated carbocycles. The summed E-state index contributed by atoms with van der Waals surface area (Å²) in [5.41, 5.74) is 37.5. The van der Waals surface area contributed by atoms with E-state index in [1.54, 1.807) is 22.3 Å². The minimum Gasteiger partial charge on any atom is -0.264 e. The molecular weight excluding hydrogens is 1180 g/mol. The van der Waals surface area contributed by atoms with E-state index in [0.29, 0.717) is 5.92 Å². The van der Waals surface area contributed by atoms with Gasteiger partial charge in [0.25, 0.3) is 0 Å². The van der Waals surface area contributed by atoms with Gasteiger partial charge >= 0.3 is 0 Å². The van der Waals surface area contributed by atoms with Crippen LogP contribution in [0.2, 0.25) is 0 Å². The normalized spacial score (nSPS) is 13.5. The van der Waals surface area contributed by atoms with Crippen LogP contribution in [0.15, 0.2) is 233 Å². The first-order valence-electron chi connectivity index (χ1n) is 34.0. The van der Waals surface area contributed by atoms with Crippen LogP contribution in [-0.4, -0.2) is 29.9 Å². The Bertz CT molecular complexity index is 5120. The van der Waals surface area contributed by atoms with Crippen molar-refractivity contribution in [2.75, 3.05) is 0 Å². The molecule has 0 atom stereocenters. The fourth-order valence-corrected chi connectivity index (χ4v) is 15.3. The predicted molar refractivity (Wildman–Crippen MR) is 372 cm³/mol. The lowest BCUT2D eigenvalue weighted by molar-refractivity contribution is -0.672. The highest BCUT2D eigenvalue weighted by Gasteiger charge is 2.34. The molecule has 12 aromatic heterocycles. The van der Waals surface area contributed by atoms with E-state index < -0.39 is 0 Å². The highest BCUT2D eigenvalue weighted by molar-refractivity contribution is 5.73. The number of pyridine rings is 12. The van der Waals surface area contributed by atoms with Crippen molar-refractivity contribution in [2.45, 2.75) is 118 Å². The van der Waals surface area contributed by atoms with Crippen LogP contribution >= 0.6 is 0 Å². The van der Waals surface area contributed by atoms with E-state index in [2.05, 4.69) is 258 Å². The molecule has 12 heteroatoms. The largest absolute Gasteiger partial charge is 0.264 e. The first-order chi connectivity index (χ1) is 47.1. The molecule has 18 heterocycles. The van der Waals surface area contributed by atoms with Gasteiger partial charge in [-0.15, -0.1) is 0 Å². The van der Waals surface area contributed by atoms with E-state index in [-0.39, 0.29) is 0 Å². The Morgan fingerprint density at radius 3 is 1.43 bits per heavy atom. The van der Waals surface area contributed by atoms with Crippen molar-refractivity contribution in [1.82, 2.24) is 29.9 Å². The van der Waals surface area contributed by atoms with Crippen molar-refractivity contribution < 1.29 is 27.4 Å². The van der Waals surface area contributed by atoms with Crippen LogP contribution in [0, 0.1) is 20.8 Å². The zero-order valence-electron chi connectivity index (χ0n) is 55.4. The molecule has 12 nitrogen and oxygen atoms in total. The van der Waals surface area contributed by atoms with Gasteiger partial charge in [0.15, 0.2) is 76.4 Å². The molecule has 0 amide bonds. The summed E-state index contributed by atoms with van der Waals surface area (Å²) in [4.78, 5) is 26.1. The van der Waals surface area contributed by atoms with Gasteiger partial charge in [0.2, 0.25) is 34.2 Å². The SMILES string of the molecule is CC(C)c1cc2c(cn1)-c1cccc[n+]1C2.Cc1cc[n+]2c(c1)-c1cnccc1C2.Cc1cccc(C)c1-c1cc2c(cn1)-c1cccc[n+]1C2.c1cc2c(cn1)-c1c3c(cc[n+]1C2)CCC3.c1cc2c(cn1)-c1cc3c(c[n+]1C2)CCC3.c1cc[n+]2c(c1)-c1cnccc1C2. The van der Waals surface area contributed by atoms with Gasteiger partial charge in [-0.25, -0.2) is 0 Å². The van der Waals surface area contributed by atoms with Crippen molar-refractivity contribution in [3.8, 4) is 78.8 Å². The Morgan fingerprint density at radius 1 is 0.344 bits per heavy atom. The van der Waals surface area contributed by atoms with Crippen LogP contribution in [0.3, 0.4) is 0 Å². The van der Waals surface area contributed by atoms with Crippen LogP contribution < -0.4 is 27.4 Å². The van der Waals surface area contributed by atoms with Crippen molar-refractivity contribution in [3.63, 3.8) is 0 Å². The standard InChI is InChI=1S/C19H17N2.2C14H13N2.C14H15N2.C12H11N2.C11H9N2/c1-13-6-5-7-14(2)19(13)17-10-15-12-21-9-4-3-8-18(21)16(15)11-20-17;1-2-10-5-7-16-9-11-4-6-15-8-13(11)14(16)12(10)3-1;1-2-10-6-14-13-7-15-5-4-12(13)9-16(14)8-11(10)3-1;1-10(2)13-7-11-9-16-6-4-3-5-14(16)12(11)8-15-13;1-9-3-5-14-8-10-2-4-13-7-11(10)12(14)6-9;1-2-6-13-8-9-4-5-12-7-10(9)11(13)3-1/h3-11H,12H2,1-2H3;2*4-8H,1-3,9H2;3-8,10H,9H2,1-2H3;2-7H,8H2,1H3;1-7H,8H2/q6*+1. The molecule has 0 unspecified atom stereocenters. The third-order valence-corrected chi connectivity index (χ3v) is 20.2. The molecule has 468 valence electrons. The average Bonchev–Trinajstić information content (AvgIpc) is 1.66. The first-order valence-corrected chi connectivity index (χ1v) is 34.0. The van der Waals surface area contributed by atoms with Crippen molar-refractivity contribution in [3.05, 3.63) is 311 Å². The van der Waals surface area contributed by atoms with E-state index in [1.807, 2.05) is 62.0 Å². The maximum Gasteiger partial charge on any atom is 0.218 e. The number of aromatic nitrogens is 12. The Labute approximate surface area is 562 Å². The minimum absolute atomic E-state index is 0.499. The van der Waals surface area contributed by atoms with Crippen LogP contribution in [-0.2, 0) is 65.0 Å². The molecule has 8 aliphatic rings. The Morgan fingerprint density at radius 2 is 0.812 bits per heavy atom. The Hall–Kier alpha value is -11.0. The highest BCUT2D eigenvalue weighted by Crippen LogP contribution is 2.37. The van der Waals surface area contributed by atoms with E-state index in [9.17, 15) is 0 Å². The van der Waals surface area contributed by atoms with Gasteiger partial charge in [0.05, 0.1) is 39.1 Å². The van der Waals surface area contributed by atoms with Crippen LogP contribution in [0.1, 0.15) is 111 Å². The topological polar surface area (TPSA) is 101 Å². The van der Waals surface area contributed by atoms with Gasteiger partial charge in [0, 0.05) is 178 Å². The lowest BCUT2D eigenvalue weighted by Gasteiger charge is -2.09. The summed E-state index contributed by atoms with van der Waals surface area (Å²) in [6, 6.07) is 47.3. The number of rotatable bonds is 2. The van der Waals surface area contributed by atoms with E-state index in [1.165, 1.54) is 167 Å². The molecular formula is C84H78N12+6. The van der Waals surface area contributed by atoms with Crippen LogP contribution in [0.25, 0.3) is 78.8 Å². The monoisotopic (exact) mass is 1250 g/mol. The van der Waals surface area contributed by atoms with Gasteiger partial charge in [0.1, 0.15) is 0 Å². The maximum absolute atomic E-state index is 4.73. The number of fused-ring (bicyclic) bond motifs is 21.